The quantitative estimate of drug-likeness (QED) is 0.727. The van der Waals surface area contributed by atoms with Crippen LogP contribution in [0, 0.1) is 0 Å². The summed E-state index contributed by atoms with van der Waals surface area (Å²) in [5.74, 6) is 0. The van der Waals surface area contributed by atoms with Crippen LogP contribution in [0.2, 0.25) is 0 Å². The lowest BCUT2D eigenvalue weighted by atomic mass is 9.97. The molecule has 1 unspecified atom stereocenters. The molecule has 4 heteroatoms. The van der Waals surface area contributed by atoms with Gasteiger partial charge in [0, 0.05) is 18.3 Å². The van der Waals surface area contributed by atoms with Crippen molar-refractivity contribution < 1.29 is 10.2 Å². The molecule has 0 radical (unpaired) electrons. The number of aromatic nitrogens is 2. The van der Waals surface area contributed by atoms with Crippen LogP contribution in [-0.2, 0) is 6.54 Å². The van der Waals surface area contributed by atoms with Crippen molar-refractivity contribution in [2.75, 3.05) is 0 Å². The summed E-state index contributed by atoms with van der Waals surface area (Å²) in [5.41, 5.74) is -0.476. The van der Waals surface area contributed by atoms with Gasteiger partial charge in [0.1, 0.15) is 6.10 Å². The molecule has 74 valence electrons. The second kappa shape index (κ2) is 3.47. The molecule has 1 aromatic heterocycles. The minimum Gasteiger partial charge on any atom is -0.387 e. The molecule has 0 saturated carbocycles. The van der Waals surface area contributed by atoms with Crippen LogP contribution in [-0.4, -0.2) is 25.6 Å². The minimum absolute atomic E-state index is 0.648. The van der Waals surface area contributed by atoms with Crippen LogP contribution in [0.5, 0.6) is 0 Å². The highest BCUT2D eigenvalue weighted by atomic mass is 16.3. The van der Waals surface area contributed by atoms with Crippen LogP contribution in [0.3, 0.4) is 0 Å². The Morgan fingerprint density at radius 2 is 2.23 bits per heavy atom. The predicted molar refractivity (Wildman–Crippen MR) is 49.2 cm³/mol. The molecule has 0 amide bonds. The van der Waals surface area contributed by atoms with E-state index in [0.29, 0.717) is 5.56 Å². The van der Waals surface area contributed by atoms with E-state index in [1.807, 2.05) is 6.92 Å². The first kappa shape index (κ1) is 10.2. The molecule has 4 nitrogen and oxygen atoms in total. The zero-order valence-corrected chi connectivity index (χ0v) is 8.23. The first-order valence-electron chi connectivity index (χ1n) is 4.38. The van der Waals surface area contributed by atoms with Crippen molar-refractivity contribution in [3.05, 3.63) is 18.0 Å². The van der Waals surface area contributed by atoms with E-state index in [9.17, 15) is 10.2 Å². The molecule has 0 aliphatic heterocycles. The van der Waals surface area contributed by atoms with Crippen molar-refractivity contribution in [1.29, 1.82) is 0 Å². The van der Waals surface area contributed by atoms with Crippen molar-refractivity contribution in [3.63, 3.8) is 0 Å². The van der Waals surface area contributed by atoms with E-state index >= 15 is 0 Å². The Morgan fingerprint density at radius 3 is 2.62 bits per heavy atom. The van der Waals surface area contributed by atoms with Crippen LogP contribution in [0.1, 0.15) is 32.4 Å². The first-order valence-corrected chi connectivity index (χ1v) is 4.38. The Bertz CT molecular complexity index is 275. The highest BCUT2D eigenvalue weighted by molar-refractivity contribution is 5.11. The molecular weight excluding hydrogens is 168 g/mol. The fourth-order valence-corrected chi connectivity index (χ4v) is 1.10. The molecule has 0 bridgehead atoms. The van der Waals surface area contributed by atoms with Gasteiger partial charge in [0.15, 0.2) is 0 Å². The largest absolute Gasteiger partial charge is 0.387 e. The molecule has 0 aromatic carbocycles. The zero-order chi connectivity index (χ0) is 10.1. The average Bonchev–Trinajstić information content (AvgIpc) is 2.48. The summed E-state index contributed by atoms with van der Waals surface area (Å²) in [5, 5.41) is 23.2. The van der Waals surface area contributed by atoms with Gasteiger partial charge in [-0.2, -0.15) is 5.10 Å². The number of rotatable bonds is 3. The van der Waals surface area contributed by atoms with Crippen LogP contribution < -0.4 is 0 Å². The van der Waals surface area contributed by atoms with Crippen LogP contribution in [0.15, 0.2) is 12.4 Å². The fourth-order valence-electron chi connectivity index (χ4n) is 1.10. The summed E-state index contributed by atoms with van der Waals surface area (Å²) in [6, 6.07) is 0. The van der Waals surface area contributed by atoms with Gasteiger partial charge in [-0.3, -0.25) is 4.68 Å². The molecular formula is C9H16N2O2. The third-order valence-corrected chi connectivity index (χ3v) is 1.96. The first-order chi connectivity index (χ1) is 5.95. The summed E-state index contributed by atoms with van der Waals surface area (Å²) in [7, 11) is 0. The maximum absolute atomic E-state index is 9.66. The highest BCUT2D eigenvalue weighted by Crippen LogP contribution is 2.24. The van der Waals surface area contributed by atoms with Gasteiger partial charge in [0.25, 0.3) is 0 Å². The van der Waals surface area contributed by atoms with Crippen molar-refractivity contribution in [2.24, 2.45) is 0 Å². The Morgan fingerprint density at radius 1 is 1.62 bits per heavy atom. The summed E-state index contributed by atoms with van der Waals surface area (Å²) >= 11 is 0. The second-order valence-corrected chi connectivity index (χ2v) is 3.69. The molecule has 1 heterocycles. The van der Waals surface area contributed by atoms with E-state index in [-0.39, 0.29) is 0 Å². The number of aryl methyl sites for hydroxylation is 1. The number of nitrogens with zero attached hydrogens (tertiary/aromatic N) is 2. The third kappa shape index (κ3) is 2.29. The average molecular weight is 184 g/mol. The smallest absolute Gasteiger partial charge is 0.110 e. The number of aliphatic hydroxyl groups is 2. The van der Waals surface area contributed by atoms with Gasteiger partial charge in [-0.25, -0.2) is 0 Å². The molecule has 1 rings (SSSR count). The van der Waals surface area contributed by atoms with Gasteiger partial charge >= 0.3 is 0 Å². The zero-order valence-electron chi connectivity index (χ0n) is 8.23. The number of aliphatic hydroxyl groups excluding tert-OH is 1. The molecule has 0 aliphatic rings. The lowest BCUT2D eigenvalue weighted by Crippen LogP contribution is -2.28. The van der Waals surface area contributed by atoms with E-state index < -0.39 is 11.7 Å². The fraction of sp³-hybridized carbons (Fsp3) is 0.667. The third-order valence-electron chi connectivity index (χ3n) is 1.96. The van der Waals surface area contributed by atoms with Crippen LogP contribution >= 0.6 is 0 Å². The molecule has 1 atom stereocenters. The van der Waals surface area contributed by atoms with Gasteiger partial charge in [-0.1, -0.05) is 0 Å². The molecule has 0 spiro atoms. The SMILES string of the molecule is CCn1cc(C(O)C(C)(C)O)cn1. The number of hydrogen-bond acceptors (Lipinski definition) is 3. The van der Waals surface area contributed by atoms with Gasteiger partial charge in [0.05, 0.1) is 11.8 Å². The van der Waals surface area contributed by atoms with Crippen molar-refractivity contribution in [3.8, 4) is 0 Å². The maximum Gasteiger partial charge on any atom is 0.110 e. The van der Waals surface area contributed by atoms with E-state index in [0.717, 1.165) is 6.54 Å². The lowest BCUT2D eigenvalue weighted by molar-refractivity contribution is -0.0497. The van der Waals surface area contributed by atoms with E-state index in [1.54, 1.807) is 30.9 Å². The minimum atomic E-state index is -1.12. The summed E-state index contributed by atoms with van der Waals surface area (Å²) in [6.45, 7) is 5.87. The van der Waals surface area contributed by atoms with Gasteiger partial charge in [0.2, 0.25) is 0 Å². The Balaban J connectivity index is 2.83. The summed E-state index contributed by atoms with van der Waals surface area (Å²) < 4.78 is 1.71. The Hall–Kier alpha value is -0.870. The molecule has 0 saturated heterocycles. The van der Waals surface area contributed by atoms with E-state index in [2.05, 4.69) is 5.10 Å². The molecule has 0 fully saturated rings. The lowest BCUT2D eigenvalue weighted by Gasteiger charge is -2.23. The highest BCUT2D eigenvalue weighted by Gasteiger charge is 2.26. The molecule has 0 aliphatic carbocycles. The predicted octanol–water partition coefficient (Wildman–Crippen LogP) is 0.707. The summed E-state index contributed by atoms with van der Waals surface area (Å²) in [4.78, 5) is 0. The molecule has 2 N–H and O–H groups in total. The van der Waals surface area contributed by atoms with Gasteiger partial charge < -0.3 is 10.2 Å². The Kier molecular flexibility index (Phi) is 2.73. The second-order valence-electron chi connectivity index (χ2n) is 3.69. The van der Waals surface area contributed by atoms with Crippen LogP contribution in [0.25, 0.3) is 0 Å². The monoisotopic (exact) mass is 184 g/mol. The Labute approximate surface area is 77.8 Å². The maximum atomic E-state index is 9.66. The van der Waals surface area contributed by atoms with Crippen LogP contribution in [0.4, 0.5) is 0 Å². The normalized spacial score (nSPS) is 14.5. The van der Waals surface area contributed by atoms with E-state index in [4.69, 9.17) is 0 Å². The molecule has 1 aromatic rings. The standard InChI is InChI=1S/C9H16N2O2/c1-4-11-6-7(5-10-11)8(12)9(2,3)13/h5-6,8,12-13H,4H2,1-3H3. The molecule has 13 heavy (non-hydrogen) atoms. The number of hydrogen-bond donors (Lipinski definition) is 2. The van der Waals surface area contributed by atoms with Gasteiger partial charge in [-0.05, 0) is 20.8 Å². The van der Waals surface area contributed by atoms with Crippen molar-refractivity contribution in [1.82, 2.24) is 9.78 Å². The summed E-state index contributed by atoms with van der Waals surface area (Å²) in [6.07, 6.45) is 2.43. The van der Waals surface area contributed by atoms with Crippen molar-refractivity contribution in [2.45, 2.75) is 39.0 Å². The topological polar surface area (TPSA) is 58.3 Å². The van der Waals surface area contributed by atoms with Gasteiger partial charge in [-0.15, -0.1) is 0 Å². The van der Waals surface area contributed by atoms with Crippen molar-refractivity contribution >= 4 is 0 Å². The van der Waals surface area contributed by atoms with E-state index in [1.165, 1.54) is 0 Å².